The van der Waals surface area contributed by atoms with E-state index in [0.717, 1.165) is 35.3 Å². The van der Waals surface area contributed by atoms with Gasteiger partial charge in [-0.2, -0.15) is 0 Å². The summed E-state index contributed by atoms with van der Waals surface area (Å²) in [7, 11) is 0. The lowest BCUT2D eigenvalue weighted by Crippen LogP contribution is -2.32. The number of pyridine rings is 1. The molecule has 6 nitrogen and oxygen atoms in total. The molecule has 7 heteroatoms. The molecule has 4 rings (SSSR count). The highest BCUT2D eigenvalue weighted by Gasteiger charge is 2.20. The van der Waals surface area contributed by atoms with Crippen molar-refractivity contribution in [3.8, 4) is 17.1 Å². The number of benzene rings is 2. The summed E-state index contributed by atoms with van der Waals surface area (Å²) < 4.78 is 2.02. The number of amides is 1. The first-order valence-corrected chi connectivity index (χ1v) is 12.4. The van der Waals surface area contributed by atoms with Gasteiger partial charge in [0.1, 0.15) is 0 Å². The first kappa shape index (κ1) is 23.7. The smallest absolute Gasteiger partial charge is 0.233 e. The highest BCUT2D eigenvalue weighted by molar-refractivity contribution is 7.99. The predicted octanol–water partition coefficient (Wildman–Crippen LogP) is 5.48. The van der Waals surface area contributed by atoms with Crippen LogP contribution in [0.5, 0.6) is 0 Å². The highest BCUT2D eigenvalue weighted by atomic mass is 32.2. The second-order valence-corrected chi connectivity index (χ2v) is 9.20. The summed E-state index contributed by atoms with van der Waals surface area (Å²) in [6.45, 7) is 7.56. The third-order valence-electron chi connectivity index (χ3n) is 5.57. The van der Waals surface area contributed by atoms with E-state index in [-0.39, 0.29) is 5.91 Å². The van der Waals surface area contributed by atoms with Crippen LogP contribution in [0.15, 0.2) is 78.2 Å². The first-order chi connectivity index (χ1) is 16.6. The van der Waals surface area contributed by atoms with Gasteiger partial charge in [-0.25, -0.2) is 0 Å². The number of carbonyl (C=O) groups is 1. The number of carbonyl (C=O) groups excluding carboxylic acids is 1. The van der Waals surface area contributed by atoms with Crippen molar-refractivity contribution in [1.29, 1.82) is 0 Å². The Balaban J connectivity index is 1.58. The van der Waals surface area contributed by atoms with E-state index in [9.17, 15) is 4.79 Å². The van der Waals surface area contributed by atoms with Gasteiger partial charge in [0.15, 0.2) is 11.0 Å². The van der Waals surface area contributed by atoms with E-state index in [2.05, 4.69) is 66.3 Å². The molecule has 0 fully saturated rings. The summed E-state index contributed by atoms with van der Waals surface area (Å²) >= 11 is 1.42. The quantitative estimate of drug-likeness (QED) is 0.303. The zero-order chi connectivity index (χ0) is 23.9. The molecule has 1 amide bonds. The predicted molar refractivity (Wildman–Crippen MR) is 137 cm³/mol. The molecular formula is C27H29N5OS. The van der Waals surface area contributed by atoms with E-state index in [1.54, 1.807) is 12.4 Å². The number of para-hydroxylation sites is 1. The molecule has 2 aromatic heterocycles. The highest BCUT2D eigenvalue weighted by Crippen LogP contribution is 2.29. The van der Waals surface area contributed by atoms with E-state index in [1.165, 1.54) is 17.3 Å². The Bertz CT molecular complexity index is 1240. The molecule has 0 saturated carbocycles. The van der Waals surface area contributed by atoms with Gasteiger partial charge in [0.25, 0.3) is 0 Å². The van der Waals surface area contributed by atoms with Gasteiger partial charge < -0.3 is 4.90 Å². The normalized spacial score (nSPS) is 10.9. The standard InChI is InChI=1S/C27H29N5OS/c1-4-16-31(18-22-13-11-20(2)12-14-22)25(33)19-34-27-30-29-26(23-9-7-15-28-17-23)32(27)24-10-6-5-8-21(24)3/h5-15,17H,4,16,18-19H2,1-3H3. The monoisotopic (exact) mass is 471 g/mol. The summed E-state index contributed by atoms with van der Waals surface area (Å²) in [6.07, 6.45) is 4.43. The lowest BCUT2D eigenvalue weighted by atomic mass is 10.1. The first-order valence-electron chi connectivity index (χ1n) is 11.4. The Kier molecular flexibility index (Phi) is 7.75. The maximum absolute atomic E-state index is 13.2. The lowest BCUT2D eigenvalue weighted by molar-refractivity contribution is -0.129. The van der Waals surface area contributed by atoms with Gasteiger partial charge in [0, 0.05) is 31.0 Å². The van der Waals surface area contributed by atoms with Gasteiger partial charge in [-0.1, -0.05) is 66.7 Å². The van der Waals surface area contributed by atoms with Gasteiger partial charge in [-0.15, -0.1) is 10.2 Å². The molecule has 0 aliphatic rings. The molecule has 0 spiro atoms. The molecule has 2 heterocycles. The van der Waals surface area contributed by atoms with Crippen LogP contribution >= 0.6 is 11.8 Å². The Morgan fingerprint density at radius 2 is 1.79 bits per heavy atom. The molecule has 0 radical (unpaired) electrons. The van der Waals surface area contributed by atoms with Crippen molar-refractivity contribution in [2.45, 2.75) is 38.9 Å². The minimum absolute atomic E-state index is 0.0923. The van der Waals surface area contributed by atoms with Crippen LogP contribution in [0.2, 0.25) is 0 Å². The third-order valence-corrected chi connectivity index (χ3v) is 6.49. The topological polar surface area (TPSA) is 63.9 Å². The second-order valence-electron chi connectivity index (χ2n) is 8.26. The summed E-state index contributed by atoms with van der Waals surface area (Å²) in [5, 5.41) is 9.61. The van der Waals surface area contributed by atoms with E-state index < -0.39 is 0 Å². The fraction of sp³-hybridized carbons (Fsp3) is 0.259. The largest absolute Gasteiger partial charge is 0.338 e. The number of nitrogens with zero attached hydrogens (tertiary/aromatic N) is 5. The average molecular weight is 472 g/mol. The molecule has 4 aromatic rings. The molecule has 0 N–H and O–H groups in total. The number of hydrogen-bond donors (Lipinski definition) is 0. The molecule has 0 atom stereocenters. The van der Waals surface area contributed by atoms with Gasteiger partial charge in [0.2, 0.25) is 5.91 Å². The van der Waals surface area contributed by atoms with Crippen LogP contribution in [-0.4, -0.2) is 42.9 Å². The number of thioether (sulfide) groups is 1. The Morgan fingerprint density at radius 3 is 2.50 bits per heavy atom. The van der Waals surface area contributed by atoms with Crippen LogP contribution in [0, 0.1) is 13.8 Å². The second kappa shape index (κ2) is 11.1. The van der Waals surface area contributed by atoms with Gasteiger partial charge in [0.05, 0.1) is 11.4 Å². The van der Waals surface area contributed by atoms with Gasteiger partial charge in [-0.3, -0.25) is 14.3 Å². The average Bonchev–Trinajstić information content (AvgIpc) is 3.28. The van der Waals surface area contributed by atoms with Gasteiger partial charge >= 0.3 is 0 Å². The van der Waals surface area contributed by atoms with Crippen molar-refractivity contribution in [2.75, 3.05) is 12.3 Å². The van der Waals surface area contributed by atoms with E-state index in [1.807, 2.05) is 39.8 Å². The van der Waals surface area contributed by atoms with Crippen LogP contribution in [0.3, 0.4) is 0 Å². The molecule has 34 heavy (non-hydrogen) atoms. The number of hydrogen-bond acceptors (Lipinski definition) is 5. The lowest BCUT2D eigenvalue weighted by Gasteiger charge is -2.22. The van der Waals surface area contributed by atoms with E-state index in [4.69, 9.17) is 0 Å². The van der Waals surface area contributed by atoms with Crippen LogP contribution in [0.25, 0.3) is 17.1 Å². The molecule has 2 aromatic carbocycles. The van der Waals surface area contributed by atoms with E-state index >= 15 is 0 Å². The Morgan fingerprint density at radius 1 is 1.00 bits per heavy atom. The fourth-order valence-electron chi connectivity index (χ4n) is 3.77. The molecule has 0 unspecified atom stereocenters. The maximum atomic E-state index is 13.2. The van der Waals surface area contributed by atoms with Crippen molar-refractivity contribution < 1.29 is 4.79 Å². The van der Waals surface area contributed by atoms with Gasteiger partial charge in [-0.05, 0) is 49.6 Å². The van der Waals surface area contributed by atoms with Crippen LogP contribution in [0.4, 0.5) is 0 Å². The fourth-order valence-corrected chi connectivity index (χ4v) is 4.62. The molecule has 174 valence electrons. The van der Waals surface area contributed by atoms with Crippen LogP contribution < -0.4 is 0 Å². The van der Waals surface area contributed by atoms with Crippen LogP contribution in [0.1, 0.15) is 30.0 Å². The van der Waals surface area contributed by atoms with Crippen molar-refractivity contribution in [3.63, 3.8) is 0 Å². The molecule has 0 saturated heterocycles. The number of aryl methyl sites for hydroxylation is 2. The molecule has 0 bridgehead atoms. The SMILES string of the molecule is CCCN(Cc1ccc(C)cc1)C(=O)CSc1nnc(-c2cccnc2)n1-c1ccccc1C. The summed E-state index contributed by atoms with van der Waals surface area (Å²) in [6, 6.07) is 20.3. The number of rotatable bonds is 9. The molecular weight excluding hydrogens is 442 g/mol. The van der Waals surface area contributed by atoms with Crippen molar-refractivity contribution in [3.05, 3.63) is 89.7 Å². The molecule has 0 aliphatic carbocycles. The maximum Gasteiger partial charge on any atom is 0.233 e. The Labute approximate surface area is 205 Å². The number of aromatic nitrogens is 4. The summed E-state index contributed by atoms with van der Waals surface area (Å²) in [5.41, 5.74) is 5.33. The van der Waals surface area contributed by atoms with Crippen LogP contribution in [-0.2, 0) is 11.3 Å². The zero-order valence-corrected chi connectivity index (χ0v) is 20.6. The summed E-state index contributed by atoms with van der Waals surface area (Å²) in [5.74, 6) is 1.10. The minimum Gasteiger partial charge on any atom is -0.338 e. The Hall–Kier alpha value is -3.45. The minimum atomic E-state index is 0.0923. The summed E-state index contributed by atoms with van der Waals surface area (Å²) in [4.78, 5) is 19.4. The van der Waals surface area contributed by atoms with E-state index in [0.29, 0.717) is 23.3 Å². The van der Waals surface area contributed by atoms with Crippen molar-refractivity contribution >= 4 is 17.7 Å². The molecule has 0 aliphatic heterocycles. The van der Waals surface area contributed by atoms with Crippen molar-refractivity contribution in [1.82, 2.24) is 24.6 Å². The third kappa shape index (κ3) is 5.54. The zero-order valence-electron chi connectivity index (χ0n) is 19.8. The van der Waals surface area contributed by atoms with Crippen molar-refractivity contribution in [2.24, 2.45) is 0 Å².